The van der Waals surface area contributed by atoms with Crippen molar-refractivity contribution in [1.29, 1.82) is 0 Å². The second kappa shape index (κ2) is 7.22. The molecule has 0 spiro atoms. The minimum absolute atomic E-state index is 0.196. The Balaban J connectivity index is 3.36. The van der Waals surface area contributed by atoms with Crippen molar-refractivity contribution < 1.29 is 0 Å². The summed E-state index contributed by atoms with van der Waals surface area (Å²) in [6, 6.07) is 7.41. The number of rotatable bonds is 4. The minimum atomic E-state index is 0.196. The first-order valence-corrected chi connectivity index (χ1v) is 9.77. The van der Waals surface area contributed by atoms with Gasteiger partial charge in [0.15, 0.2) is 0 Å². The molecule has 24 heavy (non-hydrogen) atoms. The van der Waals surface area contributed by atoms with Gasteiger partial charge >= 0.3 is 0 Å². The molecule has 1 atom stereocenters. The average Bonchev–Trinajstić information content (AvgIpc) is 2.34. The van der Waals surface area contributed by atoms with Crippen molar-refractivity contribution in [3.8, 4) is 0 Å². The van der Waals surface area contributed by atoms with Crippen LogP contribution in [-0.2, 0) is 10.8 Å². The van der Waals surface area contributed by atoms with E-state index in [-0.39, 0.29) is 10.8 Å². The highest BCUT2D eigenvalue weighted by atomic mass is 14.3. The molecule has 0 aromatic heterocycles. The molecule has 1 rings (SSSR count). The van der Waals surface area contributed by atoms with Crippen LogP contribution in [0.15, 0.2) is 18.2 Å². The van der Waals surface area contributed by atoms with E-state index in [1.165, 1.54) is 24.0 Å². The fraction of sp³-hybridized carbons (Fsp3) is 0.750. The van der Waals surface area contributed by atoms with Gasteiger partial charge in [0, 0.05) is 0 Å². The van der Waals surface area contributed by atoms with Crippen molar-refractivity contribution in [2.24, 2.45) is 11.3 Å². The summed E-state index contributed by atoms with van der Waals surface area (Å²) in [6.45, 7) is 25.8. The van der Waals surface area contributed by atoms with Crippen LogP contribution < -0.4 is 0 Å². The molecule has 0 heterocycles. The van der Waals surface area contributed by atoms with Gasteiger partial charge in [-0.3, -0.25) is 0 Å². The zero-order valence-electron chi connectivity index (χ0n) is 18.3. The van der Waals surface area contributed by atoms with Crippen LogP contribution in [0.4, 0.5) is 0 Å². The number of hydrogen-bond donors (Lipinski definition) is 0. The van der Waals surface area contributed by atoms with Gasteiger partial charge in [0.2, 0.25) is 0 Å². The predicted molar refractivity (Wildman–Crippen MR) is 110 cm³/mol. The van der Waals surface area contributed by atoms with E-state index in [0.717, 1.165) is 0 Å². The Morgan fingerprint density at radius 3 is 1.42 bits per heavy atom. The van der Waals surface area contributed by atoms with Crippen LogP contribution in [0, 0.1) is 11.3 Å². The van der Waals surface area contributed by atoms with Gasteiger partial charge in [0.05, 0.1) is 0 Å². The van der Waals surface area contributed by atoms with Crippen molar-refractivity contribution in [3.63, 3.8) is 0 Å². The Labute approximate surface area is 152 Å². The first-order chi connectivity index (χ1) is 10.6. The summed E-state index contributed by atoms with van der Waals surface area (Å²) in [5.74, 6) is 1.32. The van der Waals surface area contributed by atoms with Crippen molar-refractivity contribution in [2.45, 2.75) is 106 Å². The van der Waals surface area contributed by atoms with Gasteiger partial charge in [0.25, 0.3) is 0 Å². The molecular formula is C24H42. The standard InChI is InChI=1S/C24H42/c1-17(2)21(12-13-22(3,4)5)18-14-19(23(6,7)8)16-20(15-18)24(9,10)11/h14-17,21H,12-13H2,1-11H3. The summed E-state index contributed by atoms with van der Waals surface area (Å²) in [7, 11) is 0. The van der Waals surface area contributed by atoms with Gasteiger partial charge in [-0.05, 0) is 57.6 Å². The summed E-state index contributed by atoms with van der Waals surface area (Å²) < 4.78 is 0. The maximum atomic E-state index is 2.49. The normalized spacial score (nSPS) is 15.0. The molecule has 0 saturated heterocycles. The first-order valence-electron chi connectivity index (χ1n) is 9.77. The zero-order chi connectivity index (χ0) is 18.9. The highest BCUT2D eigenvalue weighted by Gasteiger charge is 2.25. The Hall–Kier alpha value is -0.780. The van der Waals surface area contributed by atoms with Crippen LogP contribution in [0.3, 0.4) is 0 Å². The third-order valence-electron chi connectivity index (χ3n) is 5.13. The molecule has 0 fully saturated rings. The lowest BCUT2D eigenvalue weighted by Crippen LogP contribution is -2.19. The lowest BCUT2D eigenvalue weighted by molar-refractivity contribution is 0.325. The second-order valence-electron chi connectivity index (χ2n) is 11.3. The lowest BCUT2D eigenvalue weighted by Gasteiger charge is -2.31. The highest BCUT2D eigenvalue weighted by Crippen LogP contribution is 2.38. The van der Waals surface area contributed by atoms with E-state index in [0.29, 0.717) is 17.3 Å². The third kappa shape index (κ3) is 6.26. The van der Waals surface area contributed by atoms with E-state index in [2.05, 4.69) is 94.4 Å². The van der Waals surface area contributed by atoms with E-state index in [9.17, 15) is 0 Å². The molecule has 0 aliphatic heterocycles. The molecule has 1 aromatic carbocycles. The molecular weight excluding hydrogens is 288 g/mol. The largest absolute Gasteiger partial charge is 0.0622 e. The molecule has 138 valence electrons. The van der Waals surface area contributed by atoms with Crippen LogP contribution in [0.1, 0.15) is 112 Å². The van der Waals surface area contributed by atoms with Crippen molar-refractivity contribution in [2.75, 3.05) is 0 Å². The molecule has 0 saturated carbocycles. The van der Waals surface area contributed by atoms with Crippen LogP contribution in [0.5, 0.6) is 0 Å². The van der Waals surface area contributed by atoms with Gasteiger partial charge in [-0.2, -0.15) is 0 Å². The van der Waals surface area contributed by atoms with E-state index in [1.807, 2.05) is 0 Å². The Morgan fingerprint density at radius 2 is 1.12 bits per heavy atom. The van der Waals surface area contributed by atoms with Crippen LogP contribution in [0.2, 0.25) is 0 Å². The van der Waals surface area contributed by atoms with Gasteiger partial charge < -0.3 is 0 Å². The quantitative estimate of drug-likeness (QED) is 0.527. The van der Waals surface area contributed by atoms with Crippen LogP contribution >= 0.6 is 0 Å². The molecule has 0 aliphatic carbocycles. The van der Waals surface area contributed by atoms with Crippen molar-refractivity contribution in [1.82, 2.24) is 0 Å². The van der Waals surface area contributed by atoms with E-state index < -0.39 is 0 Å². The van der Waals surface area contributed by atoms with Gasteiger partial charge in [-0.25, -0.2) is 0 Å². The molecule has 1 unspecified atom stereocenters. The molecule has 0 nitrogen and oxygen atoms in total. The Bertz CT molecular complexity index is 494. The fourth-order valence-electron chi connectivity index (χ4n) is 3.21. The molecule has 1 aromatic rings. The number of hydrogen-bond acceptors (Lipinski definition) is 0. The third-order valence-corrected chi connectivity index (χ3v) is 5.13. The van der Waals surface area contributed by atoms with Crippen molar-refractivity contribution in [3.05, 3.63) is 34.9 Å². The zero-order valence-corrected chi connectivity index (χ0v) is 18.3. The smallest absolute Gasteiger partial charge is 0.0132 e. The van der Waals surface area contributed by atoms with Gasteiger partial charge in [0.1, 0.15) is 0 Å². The topological polar surface area (TPSA) is 0 Å². The summed E-state index contributed by atoms with van der Waals surface area (Å²) in [4.78, 5) is 0. The Morgan fingerprint density at radius 1 is 0.708 bits per heavy atom. The maximum Gasteiger partial charge on any atom is -0.0132 e. The molecule has 0 bridgehead atoms. The van der Waals surface area contributed by atoms with Crippen LogP contribution in [0.25, 0.3) is 0 Å². The summed E-state index contributed by atoms with van der Waals surface area (Å²) in [6.07, 6.45) is 2.55. The molecule has 0 amide bonds. The summed E-state index contributed by atoms with van der Waals surface area (Å²) in [5.41, 5.74) is 5.30. The number of benzene rings is 1. The molecule has 0 heteroatoms. The maximum absolute atomic E-state index is 2.49. The highest BCUT2D eigenvalue weighted by molar-refractivity contribution is 5.39. The SMILES string of the molecule is CC(C)C(CCC(C)(C)C)c1cc(C(C)(C)C)cc(C(C)(C)C)c1. The second-order valence-corrected chi connectivity index (χ2v) is 11.3. The van der Waals surface area contributed by atoms with Gasteiger partial charge in [-0.15, -0.1) is 0 Å². The first kappa shape index (κ1) is 21.3. The molecule has 0 N–H and O–H groups in total. The minimum Gasteiger partial charge on any atom is -0.0622 e. The summed E-state index contributed by atoms with van der Waals surface area (Å²) in [5, 5.41) is 0. The van der Waals surface area contributed by atoms with Crippen LogP contribution in [-0.4, -0.2) is 0 Å². The fourth-order valence-corrected chi connectivity index (χ4v) is 3.21. The van der Waals surface area contributed by atoms with E-state index in [1.54, 1.807) is 5.56 Å². The summed E-state index contributed by atoms with van der Waals surface area (Å²) >= 11 is 0. The molecule has 0 aliphatic rings. The predicted octanol–water partition coefficient (Wildman–Crippen LogP) is 7.85. The molecule has 0 radical (unpaired) electrons. The lowest BCUT2D eigenvalue weighted by atomic mass is 9.74. The Kier molecular flexibility index (Phi) is 6.40. The van der Waals surface area contributed by atoms with Crippen molar-refractivity contribution >= 4 is 0 Å². The van der Waals surface area contributed by atoms with E-state index in [4.69, 9.17) is 0 Å². The monoisotopic (exact) mass is 330 g/mol. The van der Waals surface area contributed by atoms with Gasteiger partial charge in [-0.1, -0.05) is 94.4 Å². The average molecular weight is 331 g/mol. The van der Waals surface area contributed by atoms with E-state index >= 15 is 0 Å².